The molecular formula is C11H20N4O2S. The van der Waals surface area contributed by atoms with Crippen molar-refractivity contribution < 1.29 is 8.42 Å². The molecule has 3 N–H and O–H groups in total. The van der Waals surface area contributed by atoms with Crippen molar-refractivity contribution in [3.05, 3.63) is 24.0 Å². The second-order valence-corrected chi connectivity index (χ2v) is 6.05. The van der Waals surface area contributed by atoms with E-state index in [2.05, 4.69) is 9.71 Å². The molecule has 0 saturated carbocycles. The third-order valence-electron chi connectivity index (χ3n) is 2.78. The van der Waals surface area contributed by atoms with Crippen LogP contribution in [0.25, 0.3) is 0 Å². The average Bonchev–Trinajstić information content (AvgIpc) is 2.35. The zero-order chi connectivity index (χ0) is 13.8. The van der Waals surface area contributed by atoms with Crippen LogP contribution in [0.2, 0.25) is 0 Å². The maximum atomic E-state index is 12.1. The molecule has 1 atom stereocenters. The molecule has 6 nitrogen and oxygen atoms in total. The summed E-state index contributed by atoms with van der Waals surface area (Å²) in [4.78, 5) is 6.06. The molecule has 1 aromatic rings. The fourth-order valence-corrected chi connectivity index (χ4v) is 2.63. The van der Waals surface area contributed by atoms with Gasteiger partial charge in [-0.3, -0.25) is 4.98 Å². The summed E-state index contributed by atoms with van der Waals surface area (Å²) in [5.41, 5.74) is 5.87. The lowest BCUT2D eigenvalue weighted by Crippen LogP contribution is -2.38. The Morgan fingerprint density at radius 1 is 1.50 bits per heavy atom. The molecule has 7 heteroatoms. The van der Waals surface area contributed by atoms with Crippen molar-refractivity contribution in [3.63, 3.8) is 0 Å². The van der Waals surface area contributed by atoms with Crippen LogP contribution in [0.5, 0.6) is 0 Å². The molecule has 0 aromatic carbocycles. The van der Waals surface area contributed by atoms with E-state index in [1.807, 2.05) is 25.9 Å². The van der Waals surface area contributed by atoms with Crippen molar-refractivity contribution in [1.29, 1.82) is 0 Å². The molecular weight excluding hydrogens is 252 g/mol. The second-order valence-electron chi connectivity index (χ2n) is 4.32. The van der Waals surface area contributed by atoms with Gasteiger partial charge in [-0.2, -0.15) is 0 Å². The van der Waals surface area contributed by atoms with Gasteiger partial charge in [0.1, 0.15) is 4.90 Å². The summed E-state index contributed by atoms with van der Waals surface area (Å²) >= 11 is 0. The Hall–Kier alpha value is -1.02. The molecule has 0 aliphatic heterocycles. The van der Waals surface area contributed by atoms with E-state index in [9.17, 15) is 8.42 Å². The van der Waals surface area contributed by atoms with Crippen LogP contribution in [-0.2, 0) is 16.6 Å². The largest absolute Gasteiger partial charge is 0.325 e. The number of hydrogen-bond acceptors (Lipinski definition) is 5. The summed E-state index contributed by atoms with van der Waals surface area (Å²) in [6.07, 6.45) is 1.53. The Morgan fingerprint density at radius 2 is 2.17 bits per heavy atom. The van der Waals surface area contributed by atoms with E-state index >= 15 is 0 Å². The Balaban J connectivity index is 2.87. The van der Waals surface area contributed by atoms with Crippen molar-refractivity contribution >= 4 is 10.0 Å². The lowest BCUT2D eigenvalue weighted by Gasteiger charge is -2.20. The monoisotopic (exact) mass is 272 g/mol. The Morgan fingerprint density at radius 3 is 2.72 bits per heavy atom. The van der Waals surface area contributed by atoms with Gasteiger partial charge in [-0.1, -0.05) is 0 Å². The van der Waals surface area contributed by atoms with Crippen molar-refractivity contribution in [3.8, 4) is 0 Å². The number of nitrogens with two attached hydrogens (primary N) is 1. The molecule has 0 bridgehead atoms. The topological polar surface area (TPSA) is 88.3 Å². The highest BCUT2D eigenvalue weighted by atomic mass is 32.2. The number of sulfonamides is 1. The lowest BCUT2D eigenvalue weighted by atomic mass is 10.3. The minimum absolute atomic E-state index is 0.0975. The van der Waals surface area contributed by atoms with Crippen LogP contribution in [0.4, 0.5) is 0 Å². The van der Waals surface area contributed by atoms with E-state index in [-0.39, 0.29) is 17.5 Å². The second kappa shape index (κ2) is 6.24. The quantitative estimate of drug-likeness (QED) is 0.747. The van der Waals surface area contributed by atoms with Crippen LogP contribution in [0.1, 0.15) is 12.6 Å². The molecule has 1 aromatic heterocycles. The van der Waals surface area contributed by atoms with Crippen LogP contribution >= 0.6 is 0 Å². The maximum absolute atomic E-state index is 12.1. The van der Waals surface area contributed by atoms with Crippen LogP contribution in [-0.4, -0.2) is 45.0 Å². The fraction of sp³-hybridized carbons (Fsp3) is 0.545. The van der Waals surface area contributed by atoms with Crippen LogP contribution in [0.3, 0.4) is 0 Å². The molecule has 0 aliphatic rings. The van der Waals surface area contributed by atoms with Gasteiger partial charge < -0.3 is 10.6 Å². The van der Waals surface area contributed by atoms with Crippen molar-refractivity contribution in [1.82, 2.24) is 14.6 Å². The molecule has 0 radical (unpaired) electrons. The van der Waals surface area contributed by atoms with Crippen molar-refractivity contribution in [2.24, 2.45) is 5.73 Å². The molecule has 0 spiro atoms. The molecule has 18 heavy (non-hydrogen) atoms. The van der Waals surface area contributed by atoms with E-state index in [1.54, 1.807) is 6.07 Å². The summed E-state index contributed by atoms with van der Waals surface area (Å²) in [5.74, 6) is 0. The Kier molecular flexibility index (Phi) is 5.21. The molecule has 1 heterocycles. The summed E-state index contributed by atoms with van der Waals surface area (Å²) in [5, 5.41) is 0. The molecule has 0 saturated heterocycles. The zero-order valence-electron chi connectivity index (χ0n) is 10.9. The zero-order valence-corrected chi connectivity index (χ0v) is 11.7. The minimum Gasteiger partial charge on any atom is -0.325 e. The number of nitrogens with zero attached hydrogens (tertiary/aromatic N) is 2. The predicted octanol–water partition coefficient (Wildman–Crippen LogP) is -0.231. The van der Waals surface area contributed by atoms with Gasteiger partial charge >= 0.3 is 0 Å². The molecule has 1 unspecified atom stereocenters. The number of rotatable bonds is 6. The van der Waals surface area contributed by atoms with Gasteiger partial charge in [0.15, 0.2) is 0 Å². The fourth-order valence-electron chi connectivity index (χ4n) is 1.31. The van der Waals surface area contributed by atoms with Crippen LogP contribution in [0, 0.1) is 0 Å². The first kappa shape index (κ1) is 15.0. The van der Waals surface area contributed by atoms with E-state index in [4.69, 9.17) is 5.73 Å². The maximum Gasteiger partial charge on any atom is 0.242 e. The van der Waals surface area contributed by atoms with E-state index in [0.29, 0.717) is 12.2 Å². The summed E-state index contributed by atoms with van der Waals surface area (Å²) < 4.78 is 26.8. The van der Waals surface area contributed by atoms with Crippen molar-refractivity contribution in [2.75, 3.05) is 20.6 Å². The molecule has 0 aliphatic carbocycles. The highest BCUT2D eigenvalue weighted by molar-refractivity contribution is 7.89. The van der Waals surface area contributed by atoms with Gasteiger partial charge in [0.25, 0.3) is 0 Å². The van der Waals surface area contributed by atoms with Crippen LogP contribution in [0.15, 0.2) is 23.2 Å². The normalized spacial score (nSPS) is 13.8. The molecule has 0 fully saturated rings. The highest BCUT2D eigenvalue weighted by Gasteiger charge is 2.19. The van der Waals surface area contributed by atoms with Gasteiger partial charge in [0.05, 0.1) is 5.69 Å². The number of nitrogens with one attached hydrogen (secondary N) is 1. The highest BCUT2D eigenvalue weighted by Crippen LogP contribution is 2.12. The number of aromatic nitrogens is 1. The average molecular weight is 272 g/mol. The smallest absolute Gasteiger partial charge is 0.242 e. The first-order chi connectivity index (χ1) is 8.38. The van der Waals surface area contributed by atoms with Gasteiger partial charge in [-0.05, 0) is 33.2 Å². The van der Waals surface area contributed by atoms with E-state index < -0.39 is 10.0 Å². The lowest BCUT2D eigenvalue weighted by molar-refractivity contribution is 0.314. The minimum atomic E-state index is -3.55. The first-order valence-electron chi connectivity index (χ1n) is 5.68. The van der Waals surface area contributed by atoms with Gasteiger partial charge in [0, 0.05) is 25.3 Å². The third-order valence-corrected chi connectivity index (χ3v) is 4.28. The molecule has 0 amide bonds. The summed E-state index contributed by atoms with van der Waals surface area (Å²) in [7, 11) is 0.244. The first-order valence-corrected chi connectivity index (χ1v) is 7.17. The third kappa shape index (κ3) is 3.74. The SMILES string of the molecule is CC(CNS(=O)(=O)c1cccnc1CN)N(C)C. The van der Waals surface area contributed by atoms with Gasteiger partial charge in [0.2, 0.25) is 10.0 Å². The Labute approximate surface area is 108 Å². The predicted molar refractivity (Wildman–Crippen MR) is 70.5 cm³/mol. The van der Waals surface area contributed by atoms with Crippen LogP contribution < -0.4 is 10.5 Å². The van der Waals surface area contributed by atoms with E-state index in [1.165, 1.54) is 12.3 Å². The standard InChI is InChI=1S/C11H20N4O2S/c1-9(15(2)3)8-14-18(16,17)11-5-4-6-13-10(11)7-12/h4-6,9,14H,7-8,12H2,1-3H3. The van der Waals surface area contributed by atoms with Crippen molar-refractivity contribution in [2.45, 2.75) is 24.4 Å². The summed E-state index contributed by atoms with van der Waals surface area (Å²) in [6.45, 7) is 2.38. The number of likely N-dealkylation sites (N-methyl/N-ethyl adjacent to an activating group) is 1. The van der Waals surface area contributed by atoms with Gasteiger partial charge in [-0.25, -0.2) is 13.1 Å². The van der Waals surface area contributed by atoms with Gasteiger partial charge in [-0.15, -0.1) is 0 Å². The number of pyridine rings is 1. The molecule has 1 rings (SSSR count). The molecule has 102 valence electrons. The summed E-state index contributed by atoms with van der Waals surface area (Å²) in [6, 6.07) is 3.21. The van der Waals surface area contributed by atoms with E-state index in [0.717, 1.165) is 0 Å². The number of hydrogen-bond donors (Lipinski definition) is 2. The Bertz CT molecular complexity index is 488.